The minimum atomic E-state index is -3.73. The number of nitrogens with zero attached hydrogens (tertiary/aromatic N) is 1. The summed E-state index contributed by atoms with van der Waals surface area (Å²) in [6.07, 6.45) is 0. The van der Waals surface area contributed by atoms with Crippen LogP contribution in [0.3, 0.4) is 0 Å². The van der Waals surface area contributed by atoms with E-state index in [9.17, 15) is 13.2 Å². The van der Waals surface area contributed by atoms with Crippen molar-refractivity contribution in [2.75, 3.05) is 18.9 Å². The van der Waals surface area contributed by atoms with E-state index in [0.29, 0.717) is 5.69 Å². The van der Waals surface area contributed by atoms with Gasteiger partial charge < -0.3 is 5.32 Å². The molecule has 27 heavy (non-hydrogen) atoms. The number of hydrogen-bond donors (Lipinski definition) is 1. The van der Waals surface area contributed by atoms with Gasteiger partial charge in [0.1, 0.15) is 0 Å². The molecule has 0 atom stereocenters. The molecule has 0 aliphatic rings. The van der Waals surface area contributed by atoms with Gasteiger partial charge in [0.15, 0.2) is 0 Å². The third kappa shape index (κ3) is 4.96. The van der Waals surface area contributed by atoms with Gasteiger partial charge in [-0.15, -0.1) is 0 Å². The Morgan fingerprint density at radius 1 is 1.04 bits per heavy atom. The summed E-state index contributed by atoms with van der Waals surface area (Å²) in [6.45, 7) is 9.84. The summed E-state index contributed by atoms with van der Waals surface area (Å²) in [5.41, 5.74) is 3.72. The summed E-state index contributed by atoms with van der Waals surface area (Å²) in [7, 11) is -2.32. The molecule has 0 fully saturated rings. The van der Waals surface area contributed by atoms with Gasteiger partial charge in [0.2, 0.25) is 15.9 Å². The number of likely N-dealkylation sites (N-methyl/N-ethyl adjacent to an activating group) is 1. The van der Waals surface area contributed by atoms with Gasteiger partial charge in [-0.3, -0.25) is 4.79 Å². The Hall–Kier alpha value is -2.18. The first-order valence-corrected chi connectivity index (χ1v) is 10.3. The standard InChI is InChI=1S/C21H28N2O3S/c1-15-8-7-9-19(16(15)2)22-20(24)14-23(6)27(25,26)18-12-10-17(11-13-18)21(3,4)5/h7-13H,14H2,1-6H3,(H,22,24). The number of hydrogen-bond acceptors (Lipinski definition) is 3. The number of carbonyl (C=O) groups is 1. The summed E-state index contributed by atoms with van der Waals surface area (Å²) in [5, 5.41) is 2.79. The molecule has 0 aromatic heterocycles. The topological polar surface area (TPSA) is 66.5 Å². The first-order valence-electron chi connectivity index (χ1n) is 8.86. The first kappa shape index (κ1) is 21.1. The van der Waals surface area contributed by atoms with Crippen LogP contribution in [0.4, 0.5) is 5.69 Å². The zero-order valence-electron chi connectivity index (χ0n) is 16.8. The van der Waals surface area contributed by atoms with E-state index in [1.165, 1.54) is 7.05 Å². The van der Waals surface area contributed by atoms with Crippen LogP contribution in [-0.2, 0) is 20.2 Å². The summed E-state index contributed by atoms with van der Waals surface area (Å²) in [4.78, 5) is 12.5. The second kappa shape index (κ2) is 7.82. The number of amides is 1. The molecular formula is C21H28N2O3S. The van der Waals surface area contributed by atoms with E-state index in [1.54, 1.807) is 18.2 Å². The molecule has 2 aromatic rings. The molecule has 0 unspecified atom stereocenters. The van der Waals surface area contributed by atoms with Gasteiger partial charge in [0, 0.05) is 12.7 Å². The molecule has 0 radical (unpaired) electrons. The van der Waals surface area contributed by atoms with Crippen LogP contribution in [0.2, 0.25) is 0 Å². The van der Waals surface area contributed by atoms with Gasteiger partial charge in [-0.05, 0) is 54.2 Å². The molecular weight excluding hydrogens is 360 g/mol. The third-order valence-corrected chi connectivity index (χ3v) is 6.49. The van der Waals surface area contributed by atoms with E-state index in [2.05, 4.69) is 26.1 Å². The molecule has 0 bridgehead atoms. The van der Waals surface area contributed by atoms with Crippen LogP contribution in [0.5, 0.6) is 0 Å². The number of anilines is 1. The van der Waals surface area contributed by atoms with Gasteiger partial charge in [0.25, 0.3) is 0 Å². The molecule has 0 aliphatic carbocycles. The predicted octanol–water partition coefficient (Wildman–Crippen LogP) is 3.86. The molecule has 0 aliphatic heterocycles. The van der Waals surface area contributed by atoms with Crippen molar-refractivity contribution in [2.24, 2.45) is 0 Å². The second-order valence-electron chi connectivity index (χ2n) is 7.83. The summed E-state index contributed by atoms with van der Waals surface area (Å²) >= 11 is 0. The lowest BCUT2D eigenvalue weighted by molar-refractivity contribution is -0.116. The lowest BCUT2D eigenvalue weighted by Crippen LogP contribution is -2.35. The highest BCUT2D eigenvalue weighted by Gasteiger charge is 2.24. The Kier molecular flexibility index (Phi) is 6.12. The molecule has 146 valence electrons. The molecule has 0 spiro atoms. The molecule has 0 saturated heterocycles. The van der Waals surface area contributed by atoms with Gasteiger partial charge >= 0.3 is 0 Å². The van der Waals surface area contributed by atoms with Crippen LogP contribution in [0.25, 0.3) is 0 Å². The van der Waals surface area contributed by atoms with E-state index < -0.39 is 10.0 Å². The predicted molar refractivity (Wildman–Crippen MR) is 110 cm³/mol. The van der Waals surface area contributed by atoms with Gasteiger partial charge in [-0.1, -0.05) is 45.0 Å². The summed E-state index contributed by atoms with van der Waals surface area (Å²) < 4.78 is 26.6. The van der Waals surface area contributed by atoms with E-state index in [-0.39, 0.29) is 22.8 Å². The van der Waals surface area contributed by atoms with Crippen molar-refractivity contribution in [3.8, 4) is 0 Å². The number of benzene rings is 2. The molecule has 5 nitrogen and oxygen atoms in total. The second-order valence-corrected chi connectivity index (χ2v) is 9.88. The van der Waals surface area contributed by atoms with Crippen LogP contribution in [-0.4, -0.2) is 32.2 Å². The Balaban J connectivity index is 2.12. The van der Waals surface area contributed by atoms with Crippen molar-refractivity contribution < 1.29 is 13.2 Å². The third-order valence-electron chi connectivity index (χ3n) is 4.67. The van der Waals surface area contributed by atoms with Crippen LogP contribution in [0.15, 0.2) is 47.4 Å². The number of rotatable bonds is 5. The number of nitrogens with one attached hydrogen (secondary N) is 1. The van der Waals surface area contributed by atoms with Crippen LogP contribution in [0, 0.1) is 13.8 Å². The average molecular weight is 389 g/mol. The van der Waals surface area contributed by atoms with E-state index in [0.717, 1.165) is 21.0 Å². The Morgan fingerprint density at radius 2 is 1.63 bits per heavy atom. The highest BCUT2D eigenvalue weighted by Crippen LogP contribution is 2.24. The largest absolute Gasteiger partial charge is 0.325 e. The van der Waals surface area contributed by atoms with Gasteiger partial charge in [-0.25, -0.2) is 8.42 Å². The lowest BCUT2D eigenvalue weighted by atomic mass is 9.87. The number of carbonyl (C=O) groups excluding carboxylic acids is 1. The minimum absolute atomic E-state index is 0.0558. The van der Waals surface area contributed by atoms with Crippen molar-refractivity contribution in [1.82, 2.24) is 4.31 Å². The number of aryl methyl sites for hydroxylation is 1. The molecule has 1 N–H and O–H groups in total. The lowest BCUT2D eigenvalue weighted by Gasteiger charge is -2.21. The molecule has 0 heterocycles. The zero-order chi connectivity index (χ0) is 20.4. The monoisotopic (exact) mass is 388 g/mol. The highest BCUT2D eigenvalue weighted by atomic mass is 32.2. The molecule has 2 aromatic carbocycles. The maximum atomic E-state index is 12.7. The van der Waals surface area contributed by atoms with Crippen molar-refractivity contribution in [3.63, 3.8) is 0 Å². The van der Waals surface area contributed by atoms with Crippen molar-refractivity contribution in [3.05, 3.63) is 59.2 Å². The van der Waals surface area contributed by atoms with E-state index in [4.69, 9.17) is 0 Å². The quantitative estimate of drug-likeness (QED) is 0.846. The van der Waals surface area contributed by atoms with Crippen LogP contribution < -0.4 is 5.32 Å². The van der Waals surface area contributed by atoms with Crippen molar-refractivity contribution in [2.45, 2.75) is 44.9 Å². The fourth-order valence-corrected chi connectivity index (χ4v) is 3.80. The highest BCUT2D eigenvalue weighted by molar-refractivity contribution is 7.89. The van der Waals surface area contributed by atoms with Crippen molar-refractivity contribution in [1.29, 1.82) is 0 Å². The van der Waals surface area contributed by atoms with Gasteiger partial charge in [0.05, 0.1) is 11.4 Å². The zero-order valence-corrected chi connectivity index (χ0v) is 17.6. The van der Waals surface area contributed by atoms with Crippen LogP contribution >= 0.6 is 0 Å². The Morgan fingerprint density at radius 3 is 2.19 bits per heavy atom. The maximum absolute atomic E-state index is 12.7. The van der Waals surface area contributed by atoms with Crippen LogP contribution in [0.1, 0.15) is 37.5 Å². The fraction of sp³-hybridized carbons (Fsp3) is 0.381. The Labute approximate surface area is 162 Å². The normalized spacial score (nSPS) is 12.3. The van der Waals surface area contributed by atoms with Gasteiger partial charge in [-0.2, -0.15) is 4.31 Å². The SMILES string of the molecule is Cc1cccc(NC(=O)CN(C)S(=O)(=O)c2ccc(C(C)(C)C)cc2)c1C. The van der Waals surface area contributed by atoms with Crippen molar-refractivity contribution >= 4 is 21.6 Å². The average Bonchev–Trinajstić information content (AvgIpc) is 2.58. The molecule has 0 saturated carbocycles. The smallest absolute Gasteiger partial charge is 0.243 e. The molecule has 6 heteroatoms. The minimum Gasteiger partial charge on any atom is -0.325 e. The Bertz CT molecular complexity index is 927. The maximum Gasteiger partial charge on any atom is 0.243 e. The number of sulfonamides is 1. The first-order chi connectivity index (χ1) is 12.4. The summed E-state index contributed by atoms with van der Waals surface area (Å²) in [5.74, 6) is -0.374. The van der Waals surface area contributed by atoms with E-state index >= 15 is 0 Å². The summed E-state index contributed by atoms with van der Waals surface area (Å²) in [6, 6.07) is 12.4. The fourth-order valence-electron chi connectivity index (χ4n) is 2.67. The molecule has 1 amide bonds. The molecule has 2 rings (SSSR count). The van der Waals surface area contributed by atoms with E-state index in [1.807, 2.05) is 38.1 Å².